The van der Waals surface area contributed by atoms with Gasteiger partial charge in [-0.1, -0.05) is 59.5 Å². The fourth-order valence-corrected chi connectivity index (χ4v) is 6.69. The zero-order valence-electron chi connectivity index (χ0n) is 34.1. The Hall–Kier alpha value is -2.09. The van der Waals surface area contributed by atoms with Gasteiger partial charge in [0.2, 0.25) is 0 Å². The molecule has 312 valence electrons. The van der Waals surface area contributed by atoms with Crippen LogP contribution in [0.5, 0.6) is 0 Å². The summed E-state index contributed by atoms with van der Waals surface area (Å²) in [5.41, 5.74) is 0.0742. The van der Waals surface area contributed by atoms with Gasteiger partial charge in [0.25, 0.3) is 0 Å². The standard InChI is InChI=1S/C36H65N5O10S3/c1-11-36(6,46-9)15-19-51-35(4,5)14-18-41-25-30(37-38-41)24-40(17-13-32(43)48-21-23-50-34(45)29(3)27-54-52-10)16-12-31(42)47-20-22-49-33(44)28(2)26-53-39(7)8/h25,28-29H,11-24,26-27H2,1-10H3. The number of hydrogen-bond donors (Lipinski definition) is 0. The van der Waals surface area contributed by atoms with Crippen LogP contribution in [0.4, 0.5) is 0 Å². The average molecular weight is 824 g/mol. The molecule has 0 aliphatic heterocycles. The minimum absolute atomic E-state index is 0.0199. The fraction of sp³-hybridized carbons (Fsp3) is 0.833. The van der Waals surface area contributed by atoms with Gasteiger partial charge in [0, 0.05) is 51.0 Å². The van der Waals surface area contributed by atoms with Crippen molar-refractivity contribution >= 4 is 57.4 Å². The van der Waals surface area contributed by atoms with Crippen LogP contribution in [0.25, 0.3) is 0 Å². The zero-order chi connectivity index (χ0) is 40.6. The molecule has 18 heteroatoms. The molecule has 0 aromatic carbocycles. The molecular weight excluding hydrogens is 759 g/mol. The first kappa shape index (κ1) is 49.9. The molecule has 0 radical (unpaired) electrons. The number of nitrogens with zero attached hydrogens (tertiary/aromatic N) is 5. The lowest BCUT2D eigenvalue weighted by Crippen LogP contribution is -2.32. The number of carbonyl (C=O) groups excluding carboxylic acids is 4. The highest BCUT2D eigenvalue weighted by Gasteiger charge is 2.25. The van der Waals surface area contributed by atoms with E-state index in [0.29, 0.717) is 43.3 Å². The molecule has 0 aliphatic rings. The maximum absolute atomic E-state index is 12.6. The highest BCUT2D eigenvalue weighted by Crippen LogP contribution is 2.23. The number of aromatic nitrogens is 3. The van der Waals surface area contributed by atoms with Crippen LogP contribution in [-0.4, -0.2) is 144 Å². The molecule has 1 rings (SSSR count). The summed E-state index contributed by atoms with van der Waals surface area (Å²) in [6.45, 7) is 13.8. The van der Waals surface area contributed by atoms with Gasteiger partial charge in [0.15, 0.2) is 0 Å². The van der Waals surface area contributed by atoms with Crippen molar-refractivity contribution in [2.75, 3.05) is 85.1 Å². The van der Waals surface area contributed by atoms with E-state index in [0.717, 1.165) is 12.8 Å². The quantitative estimate of drug-likeness (QED) is 0.0326. The molecule has 15 nitrogen and oxygen atoms in total. The molecule has 0 spiro atoms. The lowest BCUT2D eigenvalue weighted by atomic mass is 9.99. The molecule has 0 bridgehead atoms. The van der Waals surface area contributed by atoms with Crippen molar-refractivity contribution in [1.82, 2.24) is 24.2 Å². The first-order valence-corrected chi connectivity index (χ1v) is 22.1. The molecule has 1 aromatic rings. The second kappa shape index (κ2) is 27.5. The van der Waals surface area contributed by atoms with Gasteiger partial charge in [-0.3, -0.25) is 33.1 Å². The van der Waals surface area contributed by atoms with Crippen molar-refractivity contribution in [2.24, 2.45) is 11.8 Å². The molecule has 1 heterocycles. The molecule has 54 heavy (non-hydrogen) atoms. The van der Waals surface area contributed by atoms with Crippen LogP contribution in [0.1, 0.15) is 79.3 Å². The predicted molar refractivity (Wildman–Crippen MR) is 214 cm³/mol. The van der Waals surface area contributed by atoms with E-state index in [4.69, 9.17) is 28.4 Å². The van der Waals surface area contributed by atoms with Crippen molar-refractivity contribution in [2.45, 2.75) is 97.9 Å². The molecule has 3 unspecified atom stereocenters. The summed E-state index contributed by atoms with van der Waals surface area (Å²) in [4.78, 5) is 51.4. The normalized spacial score (nSPS) is 14.1. The number of hydrogen-bond acceptors (Lipinski definition) is 17. The Bertz CT molecular complexity index is 1240. The van der Waals surface area contributed by atoms with Gasteiger partial charge < -0.3 is 28.4 Å². The molecule has 0 fully saturated rings. The van der Waals surface area contributed by atoms with E-state index < -0.39 is 11.9 Å². The predicted octanol–water partition coefficient (Wildman–Crippen LogP) is 4.92. The third-order valence-corrected chi connectivity index (χ3v) is 11.7. The van der Waals surface area contributed by atoms with Crippen LogP contribution < -0.4 is 0 Å². The first-order valence-electron chi connectivity index (χ1n) is 18.4. The summed E-state index contributed by atoms with van der Waals surface area (Å²) in [6.07, 6.45) is 6.28. The van der Waals surface area contributed by atoms with Gasteiger partial charge in [-0.25, -0.2) is 0 Å². The Morgan fingerprint density at radius 3 is 1.93 bits per heavy atom. The Labute approximate surface area is 334 Å². The average Bonchev–Trinajstić information content (AvgIpc) is 3.60. The molecule has 0 N–H and O–H groups in total. The second-order valence-electron chi connectivity index (χ2n) is 14.0. The summed E-state index contributed by atoms with van der Waals surface area (Å²) in [5, 5.41) is 8.62. The van der Waals surface area contributed by atoms with Crippen molar-refractivity contribution in [1.29, 1.82) is 0 Å². The monoisotopic (exact) mass is 823 g/mol. The lowest BCUT2D eigenvalue weighted by Gasteiger charge is -2.30. The smallest absolute Gasteiger partial charge is 0.309 e. The van der Waals surface area contributed by atoms with E-state index in [9.17, 15) is 19.2 Å². The van der Waals surface area contributed by atoms with E-state index in [-0.39, 0.29) is 87.3 Å². The Kier molecular flexibility index (Phi) is 25.4. The maximum atomic E-state index is 12.6. The van der Waals surface area contributed by atoms with E-state index in [2.05, 4.69) is 24.2 Å². The summed E-state index contributed by atoms with van der Waals surface area (Å²) >= 11 is 1.52. The van der Waals surface area contributed by atoms with Gasteiger partial charge in [-0.15, -0.1) is 5.10 Å². The second-order valence-corrected chi connectivity index (χ2v) is 17.9. The number of esters is 4. The van der Waals surface area contributed by atoms with Crippen LogP contribution in [0.15, 0.2) is 6.20 Å². The lowest BCUT2D eigenvalue weighted by molar-refractivity contribution is -0.154. The summed E-state index contributed by atoms with van der Waals surface area (Å²) in [5.74, 6) is -0.907. The fourth-order valence-electron chi connectivity index (χ4n) is 4.53. The van der Waals surface area contributed by atoms with Crippen molar-refractivity contribution in [3.05, 3.63) is 11.9 Å². The number of aryl methyl sites for hydroxylation is 1. The molecule has 0 aliphatic carbocycles. The molecule has 0 amide bonds. The van der Waals surface area contributed by atoms with Crippen molar-refractivity contribution in [3.8, 4) is 0 Å². The maximum Gasteiger partial charge on any atom is 0.309 e. The Morgan fingerprint density at radius 2 is 1.41 bits per heavy atom. The van der Waals surface area contributed by atoms with Crippen LogP contribution in [0.3, 0.4) is 0 Å². The molecular formula is C36H65N5O10S3. The van der Waals surface area contributed by atoms with Crippen molar-refractivity contribution < 1.29 is 47.6 Å². The van der Waals surface area contributed by atoms with Gasteiger partial charge in [0.05, 0.1) is 48.2 Å². The molecule has 1 aromatic heterocycles. The summed E-state index contributed by atoms with van der Waals surface area (Å²) < 4.78 is 36.6. The van der Waals surface area contributed by atoms with Gasteiger partial charge in [0.1, 0.15) is 26.4 Å². The minimum Gasteiger partial charge on any atom is -0.462 e. The van der Waals surface area contributed by atoms with Gasteiger partial charge in [-0.05, 0) is 60.4 Å². The molecule has 3 atom stereocenters. The first-order chi connectivity index (χ1) is 25.5. The number of rotatable bonds is 31. The summed E-state index contributed by atoms with van der Waals surface area (Å²) in [6, 6.07) is 0. The third-order valence-electron chi connectivity index (χ3n) is 8.55. The highest BCUT2D eigenvalue weighted by molar-refractivity contribution is 8.76. The minimum atomic E-state index is -0.461. The largest absolute Gasteiger partial charge is 0.462 e. The summed E-state index contributed by atoms with van der Waals surface area (Å²) in [7, 11) is 8.70. The zero-order valence-corrected chi connectivity index (χ0v) is 36.5. The number of carbonyl (C=O) groups is 4. The molecule has 0 saturated heterocycles. The van der Waals surface area contributed by atoms with Crippen LogP contribution in [0.2, 0.25) is 0 Å². The third kappa shape index (κ3) is 23.1. The van der Waals surface area contributed by atoms with Gasteiger partial charge >= 0.3 is 23.9 Å². The SMILES string of the molecule is CCC(C)(CCOC(C)(C)CCn1cc(CN(CCC(=O)OCCOC(=O)C(C)CSSC)CCC(=O)OCCOC(=O)C(C)CSN(C)C)nn1)OC. The Balaban J connectivity index is 2.70. The van der Waals surface area contributed by atoms with Gasteiger partial charge in [-0.2, -0.15) is 0 Å². The van der Waals surface area contributed by atoms with Crippen LogP contribution in [0, 0.1) is 11.8 Å². The number of methoxy groups -OCH3 is 1. The van der Waals surface area contributed by atoms with Crippen LogP contribution >= 0.6 is 33.5 Å². The van der Waals surface area contributed by atoms with E-state index in [1.165, 1.54) is 11.9 Å². The van der Waals surface area contributed by atoms with E-state index in [1.54, 1.807) is 47.2 Å². The highest BCUT2D eigenvalue weighted by atomic mass is 33.1. The number of ether oxygens (including phenoxy) is 6. The topological polar surface area (TPSA) is 161 Å². The van der Waals surface area contributed by atoms with Crippen molar-refractivity contribution in [3.63, 3.8) is 0 Å². The Morgan fingerprint density at radius 1 is 0.852 bits per heavy atom. The van der Waals surface area contributed by atoms with Crippen LogP contribution in [-0.2, 0) is 60.7 Å². The molecule has 0 saturated carbocycles. The van der Waals surface area contributed by atoms with E-state index in [1.807, 2.05) is 49.6 Å². The van der Waals surface area contributed by atoms with E-state index >= 15 is 0 Å².